The van der Waals surface area contributed by atoms with Crippen molar-refractivity contribution in [1.29, 1.82) is 0 Å². The standard InChI is InChI=1S/C26H21F2NO3/c1-15(2)14-32-19-7-3-16(4-8-19)20-9-5-17(11-23(20)28)25-13-22(26(30)31)21-12-18(27)6-10-24(21)29-25/h3-13,15H,14H2,1-2H3,(H,30,31). The Labute approximate surface area is 184 Å². The molecule has 4 nitrogen and oxygen atoms in total. The summed E-state index contributed by atoms with van der Waals surface area (Å²) in [5.41, 5.74) is 2.06. The first-order chi connectivity index (χ1) is 15.3. The fourth-order valence-corrected chi connectivity index (χ4v) is 3.42. The maximum Gasteiger partial charge on any atom is 0.336 e. The first-order valence-electron chi connectivity index (χ1n) is 10.2. The van der Waals surface area contributed by atoms with Crippen LogP contribution in [0.2, 0.25) is 0 Å². The van der Waals surface area contributed by atoms with Gasteiger partial charge in [-0.3, -0.25) is 0 Å². The highest BCUT2D eigenvalue weighted by atomic mass is 19.1. The lowest BCUT2D eigenvalue weighted by Crippen LogP contribution is -2.04. The van der Waals surface area contributed by atoms with Crippen LogP contribution in [0.3, 0.4) is 0 Å². The second-order valence-corrected chi connectivity index (χ2v) is 7.95. The third-order valence-electron chi connectivity index (χ3n) is 5.01. The van der Waals surface area contributed by atoms with Crippen molar-refractivity contribution in [2.75, 3.05) is 6.61 Å². The molecule has 0 saturated carbocycles. The van der Waals surface area contributed by atoms with Gasteiger partial charge in [0.25, 0.3) is 0 Å². The smallest absolute Gasteiger partial charge is 0.336 e. The van der Waals surface area contributed by atoms with E-state index in [1.54, 1.807) is 36.4 Å². The van der Waals surface area contributed by atoms with Gasteiger partial charge in [0.15, 0.2) is 0 Å². The van der Waals surface area contributed by atoms with Crippen LogP contribution in [0, 0.1) is 17.6 Å². The Morgan fingerprint density at radius 2 is 1.69 bits per heavy atom. The number of ether oxygens (including phenoxy) is 1. The number of hydrogen-bond acceptors (Lipinski definition) is 3. The van der Waals surface area contributed by atoms with Crippen molar-refractivity contribution in [2.24, 2.45) is 5.92 Å². The van der Waals surface area contributed by atoms with Gasteiger partial charge in [0.1, 0.15) is 17.4 Å². The zero-order valence-electron chi connectivity index (χ0n) is 17.6. The van der Waals surface area contributed by atoms with E-state index >= 15 is 0 Å². The van der Waals surface area contributed by atoms with Gasteiger partial charge < -0.3 is 9.84 Å². The molecular weight excluding hydrogens is 412 g/mol. The van der Waals surface area contributed by atoms with Crippen molar-refractivity contribution in [3.05, 3.63) is 83.9 Å². The predicted molar refractivity (Wildman–Crippen MR) is 120 cm³/mol. The molecule has 32 heavy (non-hydrogen) atoms. The SMILES string of the molecule is CC(C)COc1ccc(-c2ccc(-c3cc(C(=O)O)c4cc(F)ccc4n3)cc2F)cc1. The molecule has 0 bridgehead atoms. The highest BCUT2D eigenvalue weighted by Gasteiger charge is 2.15. The Bertz CT molecular complexity index is 1300. The molecule has 162 valence electrons. The number of benzene rings is 3. The number of rotatable bonds is 6. The third kappa shape index (κ3) is 4.44. The number of pyridine rings is 1. The summed E-state index contributed by atoms with van der Waals surface area (Å²) in [6, 6.07) is 16.9. The Morgan fingerprint density at radius 3 is 2.34 bits per heavy atom. The summed E-state index contributed by atoms with van der Waals surface area (Å²) in [5, 5.41) is 9.74. The van der Waals surface area contributed by atoms with Crippen molar-refractivity contribution in [3.8, 4) is 28.1 Å². The fraction of sp³-hybridized carbons (Fsp3) is 0.154. The highest BCUT2D eigenvalue weighted by Crippen LogP contribution is 2.31. The van der Waals surface area contributed by atoms with Gasteiger partial charge in [0.05, 0.1) is 23.4 Å². The lowest BCUT2D eigenvalue weighted by Gasteiger charge is -2.11. The molecule has 1 N–H and O–H groups in total. The Kier molecular flexibility index (Phi) is 5.86. The van der Waals surface area contributed by atoms with Crippen molar-refractivity contribution in [3.63, 3.8) is 0 Å². The number of carboxylic acid groups (broad SMARTS) is 1. The van der Waals surface area contributed by atoms with Gasteiger partial charge in [-0.15, -0.1) is 0 Å². The van der Waals surface area contributed by atoms with E-state index in [-0.39, 0.29) is 10.9 Å². The normalized spacial score (nSPS) is 11.2. The van der Waals surface area contributed by atoms with Gasteiger partial charge in [-0.05, 0) is 53.9 Å². The average molecular weight is 433 g/mol. The monoisotopic (exact) mass is 433 g/mol. The molecule has 0 aliphatic carbocycles. The predicted octanol–water partition coefficient (Wildman–Crippen LogP) is 6.58. The molecule has 0 amide bonds. The molecule has 4 rings (SSSR count). The van der Waals surface area contributed by atoms with Crippen LogP contribution in [0.25, 0.3) is 33.3 Å². The minimum Gasteiger partial charge on any atom is -0.493 e. The molecule has 0 saturated heterocycles. The van der Waals surface area contributed by atoms with Crippen LogP contribution in [0.4, 0.5) is 8.78 Å². The number of halogens is 2. The van der Waals surface area contributed by atoms with Crippen molar-refractivity contribution in [1.82, 2.24) is 4.98 Å². The summed E-state index contributed by atoms with van der Waals surface area (Å²) in [7, 11) is 0. The number of hydrogen-bond donors (Lipinski definition) is 1. The van der Waals surface area contributed by atoms with E-state index in [0.29, 0.717) is 40.4 Å². The Hall–Kier alpha value is -3.80. The summed E-state index contributed by atoms with van der Waals surface area (Å²) < 4.78 is 34.2. The molecule has 0 fully saturated rings. The molecule has 1 heterocycles. The Balaban J connectivity index is 1.68. The van der Waals surface area contributed by atoms with Crippen molar-refractivity contribution >= 4 is 16.9 Å². The van der Waals surface area contributed by atoms with Crippen LogP contribution in [0.1, 0.15) is 24.2 Å². The largest absolute Gasteiger partial charge is 0.493 e. The zero-order valence-corrected chi connectivity index (χ0v) is 17.6. The van der Waals surface area contributed by atoms with Gasteiger partial charge in [-0.2, -0.15) is 0 Å². The number of fused-ring (bicyclic) bond motifs is 1. The molecule has 0 aliphatic rings. The van der Waals surface area contributed by atoms with Crippen LogP contribution < -0.4 is 4.74 Å². The number of aromatic carboxylic acids is 1. The maximum atomic E-state index is 15.0. The van der Waals surface area contributed by atoms with Gasteiger partial charge in [-0.25, -0.2) is 18.6 Å². The first kappa shape index (κ1) is 21.4. The van der Waals surface area contributed by atoms with E-state index in [9.17, 15) is 18.7 Å². The lowest BCUT2D eigenvalue weighted by molar-refractivity contribution is 0.0699. The first-order valence-corrected chi connectivity index (χ1v) is 10.2. The van der Waals surface area contributed by atoms with E-state index in [1.807, 2.05) is 0 Å². The number of aromatic nitrogens is 1. The molecule has 6 heteroatoms. The lowest BCUT2D eigenvalue weighted by atomic mass is 10.00. The van der Waals surface area contributed by atoms with Gasteiger partial charge in [-0.1, -0.05) is 38.1 Å². The van der Waals surface area contributed by atoms with E-state index in [1.165, 1.54) is 24.3 Å². The number of carbonyl (C=O) groups is 1. The van der Waals surface area contributed by atoms with Gasteiger partial charge >= 0.3 is 5.97 Å². The summed E-state index contributed by atoms with van der Waals surface area (Å²) in [4.78, 5) is 16.1. The third-order valence-corrected chi connectivity index (χ3v) is 5.01. The van der Waals surface area contributed by atoms with Crippen molar-refractivity contribution < 1.29 is 23.4 Å². The van der Waals surface area contributed by atoms with Crippen LogP contribution in [0.5, 0.6) is 5.75 Å². The quantitative estimate of drug-likeness (QED) is 0.373. The van der Waals surface area contributed by atoms with Gasteiger partial charge in [0.2, 0.25) is 0 Å². The van der Waals surface area contributed by atoms with Crippen LogP contribution >= 0.6 is 0 Å². The fourth-order valence-electron chi connectivity index (χ4n) is 3.42. The van der Waals surface area contributed by atoms with Crippen LogP contribution in [-0.4, -0.2) is 22.7 Å². The molecule has 0 unspecified atom stereocenters. The molecule has 0 spiro atoms. The van der Waals surface area contributed by atoms with Crippen molar-refractivity contribution in [2.45, 2.75) is 13.8 Å². The minimum absolute atomic E-state index is 0.0917. The van der Waals surface area contributed by atoms with E-state index < -0.39 is 17.6 Å². The minimum atomic E-state index is -1.21. The molecule has 0 radical (unpaired) electrons. The second-order valence-electron chi connectivity index (χ2n) is 7.95. The molecular formula is C26H21F2NO3. The summed E-state index contributed by atoms with van der Waals surface area (Å²) in [6.07, 6.45) is 0. The average Bonchev–Trinajstić information content (AvgIpc) is 2.77. The highest BCUT2D eigenvalue weighted by molar-refractivity contribution is 6.03. The van der Waals surface area contributed by atoms with E-state index in [4.69, 9.17) is 4.74 Å². The van der Waals surface area contributed by atoms with Crippen LogP contribution in [-0.2, 0) is 0 Å². The Morgan fingerprint density at radius 1 is 0.969 bits per heavy atom. The molecule has 3 aromatic carbocycles. The molecule has 4 aromatic rings. The molecule has 1 aromatic heterocycles. The second kappa shape index (κ2) is 8.75. The summed E-state index contributed by atoms with van der Waals surface area (Å²) >= 11 is 0. The van der Waals surface area contributed by atoms with E-state index in [2.05, 4.69) is 18.8 Å². The van der Waals surface area contributed by atoms with E-state index in [0.717, 1.165) is 11.8 Å². The summed E-state index contributed by atoms with van der Waals surface area (Å²) in [6.45, 7) is 4.73. The maximum absolute atomic E-state index is 15.0. The molecule has 0 aliphatic heterocycles. The zero-order chi connectivity index (χ0) is 22.8. The van der Waals surface area contributed by atoms with Crippen LogP contribution in [0.15, 0.2) is 66.7 Å². The summed E-state index contributed by atoms with van der Waals surface area (Å²) in [5.74, 6) is -1.09. The number of carboxylic acids is 1. The number of nitrogens with zero attached hydrogens (tertiary/aromatic N) is 1. The molecule has 0 atom stereocenters. The van der Waals surface area contributed by atoms with Gasteiger partial charge in [0, 0.05) is 16.5 Å². The topological polar surface area (TPSA) is 59.4 Å².